The fourth-order valence-corrected chi connectivity index (χ4v) is 4.87. The molecule has 2 amide bonds. The second kappa shape index (κ2) is 7.59. The molecule has 3 atom stereocenters. The van der Waals surface area contributed by atoms with E-state index in [1.54, 1.807) is 0 Å². The third-order valence-corrected chi connectivity index (χ3v) is 6.58. The molecule has 0 spiro atoms. The number of nitrogens with zero attached hydrogens (tertiary/aromatic N) is 4. The summed E-state index contributed by atoms with van der Waals surface area (Å²) in [4.78, 5) is 29.6. The highest BCUT2D eigenvalue weighted by Gasteiger charge is 2.40. The molecular weight excluding hydrogens is 376 g/mol. The number of fused-ring (bicyclic) bond motifs is 1. The summed E-state index contributed by atoms with van der Waals surface area (Å²) < 4.78 is 2.05. The van der Waals surface area contributed by atoms with Gasteiger partial charge in [0, 0.05) is 31.4 Å². The molecule has 2 saturated heterocycles. The first kappa shape index (κ1) is 18.9. The van der Waals surface area contributed by atoms with Crippen molar-refractivity contribution in [3.63, 3.8) is 0 Å². The number of hydrogen-bond donors (Lipinski definition) is 0. The summed E-state index contributed by atoms with van der Waals surface area (Å²) in [5.41, 5.74) is 2.21. The van der Waals surface area contributed by atoms with Gasteiger partial charge in [0.15, 0.2) is 0 Å². The Labute approximate surface area is 176 Å². The first-order valence-electron chi connectivity index (χ1n) is 10.7. The highest BCUT2D eigenvalue weighted by molar-refractivity contribution is 5.89. The third-order valence-electron chi connectivity index (χ3n) is 6.58. The van der Waals surface area contributed by atoms with Crippen molar-refractivity contribution in [3.8, 4) is 0 Å². The molecule has 0 radical (unpaired) electrons. The number of hydrogen-bond acceptors (Lipinski definition) is 3. The van der Waals surface area contributed by atoms with Gasteiger partial charge in [-0.2, -0.15) is 5.10 Å². The number of aromatic nitrogens is 2. The van der Waals surface area contributed by atoms with E-state index in [0.29, 0.717) is 19.5 Å². The average Bonchev–Trinajstić information content (AvgIpc) is 3.51. The van der Waals surface area contributed by atoms with Gasteiger partial charge in [-0.05, 0) is 25.0 Å². The number of rotatable bonds is 4. The van der Waals surface area contributed by atoms with E-state index in [1.165, 1.54) is 0 Å². The van der Waals surface area contributed by atoms with Gasteiger partial charge in [-0.3, -0.25) is 14.3 Å². The van der Waals surface area contributed by atoms with Crippen LogP contribution in [-0.4, -0.2) is 51.0 Å². The molecule has 2 fully saturated rings. The zero-order valence-corrected chi connectivity index (χ0v) is 17.1. The zero-order chi connectivity index (χ0) is 20.7. The first-order valence-corrected chi connectivity index (χ1v) is 10.7. The van der Waals surface area contributed by atoms with E-state index in [0.717, 1.165) is 29.4 Å². The number of para-hydroxylation sites is 1. The molecule has 1 aromatic heterocycles. The van der Waals surface area contributed by atoms with Gasteiger partial charge in [0.2, 0.25) is 11.8 Å². The summed E-state index contributed by atoms with van der Waals surface area (Å²) in [6.07, 6.45) is 3.09. The molecule has 6 nitrogen and oxygen atoms in total. The van der Waals surface area contributed by atoms with Gasteiger partial charge in [-0.15, -0.1) is 0 Å². The summed E-state index contributed by atoms with van der Waals surface area (Å²) in [6, 6.07) is 18.3. The molecule has 2 aromatic carbocycles. The molecule has 0 bridgehead atoms. The lowest BCUT2D eigenvalue weighted by atomic mass is 10.1. The highest BCUT2D eigenvalue weighted by Crippen LogP contribution is 2.32. The topological polar surface area (TPSA) is 58.4 Å². The smallest absolute Gasteiger partial charge is 0.228 e. The van der Waals surface area contributed by atoms with Crippen LogP contribution in [0.5, 0.6) is 0 Å². The first-order chi connectivity index (χ1) is 14.6. The monoisotopic (exact) mass is 402 g/mol. The van der Waals surface area contributed by atoms with Gasteiger partial charge >= 0.3 is 0 Å². The number of carbonyl (C=O) groups excluding carboxylic acids is 2. The second-order valence-electron chi connectivity index (χ2n) is 8.41. The average molecular weight is 402 g/mol. The van der Waals surface area contributed by atoms with Crippen molar-refractivity contribution in [2.45, 2.75) is 31.8 Å². The Morgan fingerprint density at radius 1 is 1.07 bits per heavy atom. The van der Waals surface area contributed by atoms with Crippen LogP contribution in [0.4, 0.5) is 0 Å². The Kier molecular flexibility index (Phi) is 4.77. The van der Waals surface area contributed by atoms with Crippen molar-refractivity contribution in [1.29, 1.82) is 0 Å². The molecular formula is C24H26N4O2. The summed E-state index contributed by atoms with van der Waals surface area (Å²) in [6.45, 7) is 3.91. The van der Waals surface area contributed by atoms with E-state index in [4.69, 9.17) is 0 Å². The van der Waals surface area contributed by atoms with Gasteiger partial charge in [-0.25, -0.2) is 0 Å². The predicted octanol–water partition coefficient (Wildman–Crippen LogP) is 3.42. The number of benzene rings is 2. The van der Waals surface area contributed by atoms with Gasteiger partial charge in [0.25, 0.3) is 0 Å². The molecule has 0 saturated carbocycles. The van der Waals surface area contributed by atoms with Gasteiger partial charge in [0.05, 0.1) is 29.7 Å². The van der Waals surface area contributed by atoms with Crippen LogP contribution in [-0.2, 0) is 9.59 Å². The Morgan fingerprint density at radius 3 is 2.67 bits per heavy atom. The van der Waals surface area contributed by atoms with Crippen LogP contribution in [0.1, 0.15) is 37.4 Å². The fourth-order valence-electron chi connectivity index (χ4n) is 4.87. The largest absolute Gasteiger partial charge is 0.340 e. The minimum Gasteiger partial charge on any atom is -0.340 e. The molecule has 5 rings (SSSR count). The Morgan fingerprint density at radius 2 is 1.83 bits per heavy atom. The lowest BCUT2D eigenvalue weighted by Crippen LogP contribution is -2.36. The van der Waals surface area contributed by atoms with E-state index in [9.17, 15) is 9.59 Å². The maximum Gasteiger partial charge on any atom is 0.228 e. The number of carbonyl (C=O) groups is 2. The van der Waals surface area contributed by atoms with Gasteiger partial charge in [-0.1, -0.05) is 48.5 Å². The number of likely N-dealkylation sites (tertiary alicyclic amines) is 2. The number of amides is 2. The maximum atomic E-state index is 13.2. The molecule has 2 aliphatic rings. The summed E-state index contributed by atoms with van der Waals surface area (Å²) >= 11 is 0. The maximum absolute atomic E-state index is 13.2. The SMILES string of the molecule is CC(c1ccccc1)N1CC(C(=O)N2CCC(n3ncc4ccccc43)C2)CC1=O. The highest BCUT2D eigenvalue weighted by atomic mass is 16.2. The third kappa shape index (κ3) is 3.26. The Balaban J connectivity index is 1.26. The molecule has 3 aromatic rings. The molecule has 3 unspecified atom stereocenters. The van der Waals surface area contributed by atoms with Crippen molar-refractivity contribution in [2.24, 2.45) is 5.92 Å². The van der Waals surface area contributed by atoms with Crippen molar-refractivity contribution < 1.29 is 9.59 Å². The van der Waals surface area contributed by atoms with Crippen LogP contribution in [0, 0.1) is 5.92 Å². The normalized spacial score (nSPS) is 22.8. The van der Waals surface area contributed by atoms with Crippen LogP contribution >= 0.6 is 0 Å². The van der Waals surface area contributed by atoms with Crippen LogP contribution in [0.3, 0.4) is 0 Å². The van der Waals surface area contributed by atoms with Crippen molar-refractivity contribution >= 4 is 22.7 Å². The van der Waals surface area contributed by atoms with Crippen LogP contribution < -0.4 is 0 Å². The summed E-state index contributed by atoms with van der Waals surface area (Å²) in [7, 11) is 0. The molecule has 6 heteroatoms. The molecule has 2 aliphatic heterocycles. The van der Waals surface area contributed by atoms with E-state index >= 15 is 0 Å². The molecule has 30 heavy (non-hydrogen) atoms. The Hall–Kier alpha value is -3.15. The fraction of sp³-hybridized carbons (Fsp3) is 0.375. The zero-order valence-electron chi connectivity index (χ0n) is 17.1. The van der Waals surface area contributed by atoms with Gasteiger partial charge < -0.3 is 9.80 Å². The van der Waals surface area contributed by atoms with E-state index < -0.39 is 0 Å². The molecule has 0 N–H and O–H groups in total. The minimum atomic E-state index is -0.253. The van der Waals surface area contributed by atoms with Crippen molar-refractivity contribution in [2.75, 3.05) is 19.6 Å². The quantitative estimate of drug-likeness (QED) is 0.672. The predicted molar refractivity (Wildman–Crippen MR) is 115 cm³/mol. The van der Waals surface area contributed by atoms with Crippen LogP contribution in [0.15, 0.2) is 60.8 Å². The van der Waals surface area contributed by atoms with Crippen molar-refractivity contribution in [3.05, 3.63) is 66.4 Å². The van der Waals surface area contributed by atoms with E-state index in [-0.39, 0.29) is 29.8 Å². The minimum absolute atomic E-state index is 0.0155. The second-order valence-corrected chi connectivity index (χ2v) is 8.41. The van der Waals surface area contributed by atoms with Crippen molar-refractivity contribution in [1.82, 2.24) is 19.6 Å². The van der Waals surface area contributed by atoms with Crippen LogP contribution in [0.25, 0.3) is 10.9 Å². The van der Waals surface area contributed by atoms with Crippen LogP contribution in [0.2, 0.25) is 0 Å². The van der Waals surface area contributed by atoms with E-state index in [1.807, 2.05) is 70.1 Å². The van der Waals surface area contributed by atoms with E-state index in [2.05, 4.69) is 17.2 Å². The lowest BCUT2D eigenvalue weighted by molar-refractivity contribution is -0.135. The summed E-state index contributed by atoms with van der Waals surface area (Å²) in [5.74, 6) is -0.0830. The summed E-state index contributed by atoms with van der Waals surface area (Å²) in [5, 5.41) is 5.69. The van der Waals surface area contributed by atoms with Gasteiger partial charge in [0.1, 0.15) is 0 Å². The molecule has 154 valence electrons. The standard InChI is InChI=1S/C24H26N4O2/c1-17(18-7-3-2-4-8-18)27-15-20(13-23(27)29)24(30)26-12-11-21(16-26)28-22-10-6-5-9-19(22)14-25-28/h2-10,14,17,20-21H,11-13,15-16H2,1H3. The molecule has 3 heterocycles. The molecule has 0 aliphatic carbocycles. The lowest BCUT2D eigenvalue weighted by Gasteiger charge is -2.26. The Bertz CT molecular complexity index is 1080.